The number of amides is 4. The minimum absolute atomic E-state index is 0.00153. The molecule has 264 valence electrons. The van der Waals surface area contributed by atoms with E-state index in [1.165, 1.54) is 18.2 Å². The predicted octanol–water partition coefficient (Wildman–Crippen LogP) is 5.49. The van der Waals surface area contributed by atoms with Crippen molar-refractivity contribution in [1.29, 1.82) is 0 Å². The number of carbonyl (C=O) groups is 4. The lowest BCUT2D eigenvalue weighted by Gasteiger charge is -2.32. The number of fused-ring (bicyclic) bond motifs is 1. The summed E-state index contributed by atoms with van der Waals surface area (Å²) in [4.78, 5) is 57.4. The lowest BCUT2D eigenvalue weighted by molar-refractivity contribution is -0.136. The van der Waals surface area contributed by atoms with Crippen molar-refractivity contribution in [1.82, 2.24) is 29.9 Å². The van der Waals surface area contributed by atoms with Gasteiger partial charge in [-0.25, -0.2) is 13.8 Å². The number of piperidine rings is 2. The van der Waals surface area contributed by atoms with Crippen LogP contribution in [0.5, 0.6) is 5.75 Å². The second-order valence-electron chi connectivity index (χ2n) is 12.8. The number of imide groups is 2. The number of nitrogens with two attached hydrogens (primary N) is 1. The van der Waals surface area contributed by atoms with Crippen LogP contribution in [0, 0.1) is 11.6 Å². The predicted molar refractivity (Wildman–Crippen MR) is 182 cm³/mol. The Hall–Kier alpha value is -4.92. The number of anilines is 1. The molecule has 0 bridgehead atoms. The fourth-order valence-electron chi connectivity index (χ4n) is 6.80. The minimum atomic E-state index is -1.12. The van der Waals surface area contributed by atoms with E-state index in [-0.39, 0.29) is 63.7 Å². The van der Waals surface area contributed by atoms with Crippen molar-refractivity contribution in [3.05, 3.63) is 92.9 Å². The summed E-state index contributed by atoms with van der Waals surface area (Å²) in [6.45, 7) is 3.15. The summed E-state index contributed by atoms with van der Waals surface area (Å²) in [5.74, 6) is -3.44. The van der Waals surface area contributed by atoms with Crippen LogP contribution in [0.4, 0.5) is 14.6 Å². The van der Waals surface area contributed by atoms with Crippen molar-refractivity contribution < 1.29 is 32.7 Å². The molecule has 51 heavy (non-hydrogen) atoms. The molecule has 4 aromatic rings. The van der Waals surface area contributed by atoms with E-state index in [1.807, 2.05) is 10.9 Å². The molecular formula is C35H31Cl2F2N7O5. The molecule has 0 spiro atoms. The average molecular weight is 739 g/mol. The molecule has 12 nitrogen and oxygen atoms in total. The Labute approximate surface area is 300 Å². The smallest absolute Gasteiger partial charge is 0.262 e. The highest BCUT2D eigenvalue weighted by Crippen LogP contribution is 2.37. The molecule has 3 N–H and O–H groups in total. The molecule has 2 saturated heterocycles. The number of halogens is 4. The molecular weight excluding hydrogens is 707 g/mol. The van der Waals surface area contributed by atoms with Gasteiger partial charge in [0.15, 0.2) is 11.6 Å². The molecule has 0 saturated carbocycles. The summed E-state index contributed by atoms with van der Waals surface area (Å²) < 4.78 is 37.3. The highest BCUT2D eigenvalue weighted by Gasteiger charge is 2.45. The first-order valence-electron chi connectivity index (χ1n) is 16.3. The van der Waals surface area contributed by atoms with Gasteiger partial charge in [-0.3, -0.25) is 39.0 Å². The van der Waals surface area contributed by atoms with Gasteiger partial charge in [0.25, 0.3) is 11.8 Å². The topological polar surface area (TPSA) is 153 Å². The number of likely N-dealkylation sites (tertiary alicyclic amines) is 1. The van der Waals surface area contributed by atoms with Crippen LogP contribution in [0.2, 0.25) is 10.0 Å². The first-order valence-corrected chi connectivity index (χ1v) is 17.0. The molecule has 2 aromatic carbocycles. The van der Waals surface area contributed by atoms with Gasteiger partial charge in [-0.15, -0.1) is 0 Å². The molecule has 7 rings (SSSR count). The lowest BCUT2D eigenvalue weighted by atomic mass is 10.0. The zero-order chi connectivity index (χ0) is 36.1. The number of nitrogens with one attached hydrogen (secondary N) is 1. The molecule has 0 aliphatic carbocycles. The van der Waals surface area contributed by atoms with Crippen molar-refractivity contribution in [2.45, 2.75) is 57.3 Å². The zero-order valence-corrected chi connectivity index (χ0v) is 28.7. The molecule has 2 atom stereocenters. The third-order valence-corrected chi connectivity index (χ3v) is 10.3. The summed E-state index contributed by atoms with van der Waals surface area (Å²) >= 11 is 12.4. The SMILES string of the molecule is C[C@@H](Oc1cc(-c2cnn(C3CCN(Cc4cc5c(cc4F)C(=O)N(C4CCC(=O)NC4=O)C5=O)CC3)c2)cnc1N)c1c(Cl)ccc(F)c1Cl. The van der Waals surface area contributed by atoms with E-state index in [2.05, 4.69) is 20.3 Å². The van der Waals surface area contributed by atoms with E-state index in [9.17, 15) is 23.6 Å². The number of hydrogen-bond acceptors (Lipinski definition) is 9. The second-order valence-corrected chi connectivity index (χ2v) is 13.6. The van der Waals surface area contributed by atoms with Crippen molar-refractivity contribution in [2.75, 3.05) is 18.8 Å². The van der Waals surface area contributed by atoms with Gasteiger partial charge >= 0.3 is 0 Å². The van der Waals surface area contributed by atoms with Crippen LogP contribution in [0.25, 0.3) is 11.1 Å². The van der Waals surface area contributed by atoms with E-state index in [1.54, 1.807) is 25.4 Å². The number of nitrogen functional groups attached to an aromatic ring is 1. The molecule has 0 radical (unpaired) electrons. The minimum Gasteiger partial charge on any atom is -0.482 e. The highest BCUT2D eigenvalue weighted by molar-refractivity contribution is 6.36. The Morgan fingerprint density at radius 2 is 1.71 bits per heavy atom. The van der Waals surface area contributed by atoms with Crippen LogP contribution in [0.1, 0.15) is 76.6 Å². The Kier molecular flexibility index (Phi) is 9.25. The summed E-state index contributed by atoms with van der Waals surface area (Å²) in [6, 6.07) is 5.71. The van der Waals surface area contributed by atoms with Crippen molar-refractivity contribution >= 4 is 52.6 Å². The largest absolute Gasteiger partial charge is 0.482 e. The fraction of sp³-hybridized carbons (Fsp3) is 0.314. The van der Waals surface area contributed by atoms with Gasteiger partial charge < -0.3 is 10.5 Å². The number of ether oxygens (including phenoxy) is 1. The number of benzene rings is 2. The van der Waals surface area contributed by atoms with Gasteiger partial charge in [0.05, 0.1) is 28.4 Å². The quantitative estimate of drug-likeness (QED) is 0.177. The maximum atomic E-state index is 15.3. The summed E-state index contributed by atoms with van der Waals surface area (Å²) in [7, 11) is 0. The lowest BCUT2D eigenvalue weighted by Crippen LogP contribution is -2.54. The highest BCUT2D eigenvalue weighted by atomic mass is 35.5. The Balaban J connectivity index is 0.992. The number of rotatable bonds is 8. The average Bonchev–Trinajstić information content (AvgIpc) is 3.68. The van der Waals surface area contributed by atoms with Crippen LogP contribution < -0.4 is 15.8 Å². The van der Waals surface area contributed by atoms with Crippen molar-refractivity contribution in [2.24, 2.45) is 0 Å². The van der Waals surface area contributed by atoms with Gasteiger partial charge in [-0.05, 0) is 56.5 Å². The number of pyridine rings is 1. The molecule has 16 heteroatoms. The van der Waals surface area contributed by atoms with Gasteiger partial charge in [0.1, 0.15) is 23.8 Å². The van der Waals surface area contributed by atoms with Crippen LogP contribution in [-0.4, -0.2) is 67.3 Å². The van der Waals surface area contributed by atoms with E-state index in [0.29, 0.717) is 24.2 Å². The van der Waals surface area contributed by atoms with E-state index in [0.717, 1.165) is 29.4 Å². The number of hydrogen-bond donors (Lipinski definition) is 2. The summed E-state index contributed by atoms with van der Waals surface area (Å²) in [5.41, 5.74) is 8.08. The van der Waals surface area contributed by atoms with Crippen LogP contribution in [0.15, 0.2) is 48.9 Å². The fourth-order valence-corrected chi connectivity index (χ4v) is 7.48. The standard InChI is InChI=1S/C35H31Cl2F2N7O5/c1-17(30-24(36)2-3-25(38)31(30)37)51-28-11-18(13-41-32(28)40)20-14-42-45(16-20)21-6-8-44(9-7-21)15-19-10-22-23(12-26(19)39)35(50)46(34(22)49)27-4-5-29(47)43-33(27)48/h2-3,10-14,16-17,21,27H,4-9,15H2,1H3,(H2,40,41)(H,43,47,48)/t17-,27?/m1/s1. The third kappa shape index (κ3) is 6.54. The van der Waals surface area contributed by atoms with Crippen molar-refractivity contribution in [3.63, 3.8) is 0 Å². The zero-order valence-electron chi connectivity index (χ0n) is 27.2. The first kappa shape index (κ1) is 34.5. The molecule has 2 aromatic heterocycles. The molecule has 5 heterocycles. The number of aromatic nitrogens is 3. The van der Waals surface area contributed by atoms with Gasteiger partial charge in [-0.1, -0.05) is 23.2 Å². The normalized spacial score (nSPS) is 19.0. The third-order valence-electron chi connectivity index (χ3n) is 9.54. The number of carbonyl (C=O) groups excluding carboxylic acids is 4. The van der Waals surface area contributed by atoms with Gasteiger partial charge in [-0.2, -0.15) is 5.10 Å². The first-order chi connectivity index (χ1) is 24.4. The van der Waals surface area contributed by atoms with Crippen LogP contribution >= 0.6 is 23.2 Å². The van der Waals surface area contributed by atoms with Crippen LogP contribution in [-0.2, 0) is 16.1 Å². The van der Waals surface area contributed by atoms with Crippen molar-refractivity contribution in [3.8, 4) is 16.9 Å². The molecule has 2 fully saturated rings. The van der Waals surface area contributed by atoms with E-state index >= 15 is 4.39 Å². The van der Waals surface area contributed by atoms with Crippen LogP contribution in [0.3, 0.4) is 0 Å². The maximum absolute atomic E-state index is 15.3. The van der Waals surface area contributed by atoms with Gasteiger partial charge in [0.2, 0.25) is 11.8 Å². The summed E-state index contributed by atoms with van der Waals surface area (Å²) in [5, 5.41) is 6.86. The Morgan fingerprint density at radius 3 is 2.43 bits per heavy atom. The van der Waals surface area contributed by atoms with E-state index < -0.39 is 47.4 Å². The Morgan fingerprint density at radius 1 is 0.980 bits per heavy atom. The van der Waals surface area contributed by atoms with E-state index in [4.69, 9.17) is 33.7 Å². The molecule has 1 unspecified atom stereocenters. The summed E-state index contributed by atoms with van der Waals surface area (Å²) in [6.07, 6.45) is 5.94. The number of nitrogens with zero attached hydrogens (tertiary/aromatic N) is 5. The molecule has 3 aliphatic rings. The maximum Gasteiger partial charge on any atom is 0.262 e. The second kappa shape index (κ2) is 13.7. The Bertz CT molecular complexity index is 2100. The molecule has 4 amide bonds. The monoisotopic (exact) mass is 737 g/mol. The van der Waals surface area contributed by atoms with Gasteiger partial charge in [0, 0.05) is 65.7 Å². The molecule has 3 aliphatic heterocycles.